The number of halogens is 1. The molecule has 90 valence electrons. The summed E-state index contributed by atoms with van der Waals surface area (Å²) in [5.74, 6) is 0.276. The third-order valence-corrected chi connectivity index (χ3v) is 3.72. The largest absolute Gasteiger partial charge is 0.495 e. The van der Waals surface area contributed by atoms with Gasteiger partial charge in [-0.3, -0.25) is 0 Å². The molecule has 0 aromatic heterocycles. The normalized spacial score (nSPS) is 11.8. The van der Waals surface area contributed by atoms with Gasteiger partial charge in [0.25, 0.3) is 0 Å². The van der Waals surface area contributed by atoms with Crippen LogP contribution in [0.3, 0.4) is 0 Å². The number of hydrogen-bond donors (Lipinski definition) is 1. The third kappa shape index (κ3) is 3.10. The lowest BCUT2D eigenvalue weighted by atomic mass is 10.3. The molecule has 0 radical (unpaired) electrons. The molecule has 0 saturated carbocycles. The molecular weight excluding hydrogens is 250 g/mol. The molecule has 16 heavy (non-hydrogen) atoms. The lowest BCUT2D eigenvalue weighted by Crippen LogP contribution is -2.30. The number of methoxy groups -OCH3 is 1. The molecule has 0 fully saturated rings. The van der Waals surface area contributed by atoms with Crippen molar-refractivity contribution < 1.29 is 13.2 Å². The van der Waals surface area contributed by atoms with E-state index in [0.29, 0.717) is 5.02 Å². The standard InChI is InChI=1S/C10H14ClNO3S/c1-7(2)12-16(13,14)10-6-8(11)4-5-9(10)15-3/h4-7,12H,1-3H3. The zero-order chi connectivity index (χ0) is 12.3. The highest BCUT2D eigenvalue weighted by Crippen LogP contribution is 2.26. The van der Waals surface area contributed by atoms with Crippen LogP contribution >= 0.6 is 11.6 Å². The van der Waals surface area contributed by atoms with Crippen LogP contribution in [-0.2, 0) is 10.0 Å². The van der Waals surface area contributed by atoms with E-state index in [1.54, 1.807) is 19.9 Å². The second kappa shape index (κ2) is 5.03. The van der Waals surface area contributed by atoms with Crippen molar-refractivity contribution in [3.63, 3.8) is 0 Å². The monoisotopic (exact) mass is 263 g/mol. The number of nitrogens with one attached hydrogen (secondary N) is 1. The van der Waals surface area contributed by atoms with Gasteiger partial charge in [0.2, 0.25) is 10.0 Å². The van der Waals surface area contributed by atoms with Crippen LogP contribution < -0.4 is 9.46 Å². The van der Waals surface area contributed by atoms with Crippen molar-refractivity contribution in [2.45, 2.75) is 24.8 Å². The molecule has 1 N–H and O–H groups in total. The van der Waals surface area contributed by atoms with Gasteiger partial charge in [0, 0.05) is 11.1 Å². The van der Waals surface area contributed by atoms with Crippen LogP contribution in [-0.4, -0.2) is 21.6 Å². The Hall–Kier alpha value is -0.780. The summed E-state index contributed by atoms with van der Waals surface area (Å²) in [7, 11) is -2.17. The highest BCUT2D eigenvalue weighted by Gasteiger charge is 2.20. The first-order chi connectivity index (χ1) is 7.36. The third-order valence-electron chi connectivity index (χ3n) is 1.81. The zero-order valence-corrected chi connectivity index (χ0v) is 10.9. The van der Waals surface area contributed by atoms with Crippen molar-refractivity contribution >= 4 is 21.6 Å². The van der Waals surface area contributed by atoms with Crippen molar-refractivity contribution in [2.75, 3.05) is 7.11 Å². The molecule has 0 spiro atoms. The summed E-state index contributed by atoms with van der Waals surface area (Å²) in [5, 5.41) is 0.352. The predicted molar refractivity (Wildman–Crippen MR) is 63.5 cm³/mol. The van der Waals surface area contributed by atoms with Gasteiger partial charge >= 0.3 is 0 Å². The van der Waals surface area contributed by atoms with Crippen LogP contribution in [0.15, 0.2) is 23.1 Å². The number of hydrogen-bond acceptors (Lipinski definition) is 3. The molecule has 4 nitrogen and oxygen atoms in total. The smallest absolute Gasteiger partial charge is 0.244 e. The van der Waals surface area contributed by atoms with Crippen LogP contribution in [0.4, 0.5) is 0 Å². The average molecular weight is 264 g/mol. The van der Waals surface area contributed by atoms with Crippen LogP contribution in [0.2, 0.25) is 5.02 Å². The van der Waals surface area contributed by atoms with Crippen molar-refractivity contribution in [1.82, 2.24) is 4.72 Å². The van der Waals surface area contributed by atoms with Gasteiger partial charge < -0.3 is 4.74 Å². The summed E-state index contributed by atoms with van der Waals surface area (Å²) < 4.78 is 31.3. The average Bonchev–Trinajstić information content (AvgIpc) is 2.15. The molecule has 1 aromatic rings. The minimum atomic E-state index is -3.58. The fraction of sp³-hybridized carbons (Fsp3) is 0.400. The summed E-state index contributed by atoms with van der Waals surface area (Å²) in [6.07, 6.45) is 0. The Morgan fingerprint density at radius 3 is 2.50 bits per heavy atom. The topological polar surface area (TPSA) is 55.4 Å². The Kier molecular flexibility index (Phi) is 4.18. The first-order valence-electron chi connectivity index (χ1n) is 4.72. The lowest BCUT2D eigenvalue weighted by Gasteiger charge is -2.12. The van der Waals surface area contributed by atoms with E-state index in [-0.39, 0.29) is 16.7 Å². The van der Waals surface area contributed by atoms with E-state index >= 15 is 0 Å². The van der Waals surface area contributed by atoms with Gasteiger partial charge in [-0.05, 0) is 32.0 Å². The molecule has 6 heteroatoms. The first kappa shape index (κ1) is 13.3. The van der Waals surface area contributed by atoms with Crippen molar-refractivity contribution in [2.24, 2.45) is 0 Å². The fourth-order valence-corrected chi connectivity index (χ4v) is 2.92. The van der Waals surface area contributed by atoms with Crippen LogP contribution in [0.5, 0.6) is 5.75 Å². The number of rotatable bonds is 4. The molecule has 0 aliphatic carbocycles. The van der Waals surface area contributed by atoms with E-state index in [1.165, 1.54) is 19.2 Å². The van der Waals surface area contributed by atoms with Gasteiger partial charge in [-0.2, -0.15) is 0 Å². The maximum atomic E-state index is 11.9. The van der Waals surface area contributed by atoms with E-state index in [9.17, 15) is 8.42 Å². The van der Waals surface area contributed by atoms with Crippen molar-refractivity contribution in [3.8, 4) is 5.75 Å². The maximum absolute atomic E-state index is 11.9. The minimum absolute atomic E-state index is 0.0520. The summed E-state index contributed by atoms with van der Waals surface area (Å²) in [6, 6.07) is 4.28. The Balaban J connectivity index is 3.25. The van der Waals surface area contributed by atoms with Crippen molar-refractivity contribution in [3.05, 3.63) is 23.2 Å². The van der Waals surface area contributed by atoms with Crippen LogP contribution in [0.25, 0.3) is 0 Å². The molecule has 0 amide bonds. The Morgan fingerprint density at radius 1 is 1.38 bits per heavy atom. The van der Waals surface area contributed by atoms with Gasteiger partial charge in [-0.15, -0.1) is 0 Å². The summed E-state index contributed by atoms with van der Waals surface area (Å²) >= 11 is 5.77. The maximum Gasteiger partial charge on any atom is 0.244 e. The molecule has 0 aliphatic heterocycles. The molecule has 1 rings (SSSR count). The quantitative estimate of drug-likeness (QED) is 0.904. The molecule has 1 aromatic carbocycles. The highest BCUT2D eigenvalue weighted by molar-refractivity contribution is 7.89. The van der Waals surface area contributed by atoms with Gasteiger partial charge in [-0.1, -0.05) is 11.6 Å². The summed E-state index contributed by atoms with van der Waals surface area (Å²) in [4.78, 5) is 0.0520. The van der Waals surface area contributed by atoms with Gasteiger partial charge in [0.15, 0.2) is 0 Å². The first-order valence-corrected chi connectivity index (χ1v) is 6.59. The minimum Gasteiger partial charge on any atom is -0.495 e. The SMILES string of the molecule is COc1ccc(Cl)cc1S(=O)(=O)NC(C)C. The number of ether oxygens (including phenoxy) is 1. The van der Waals surface area contributed by atoms with Crippen LogP contribution in [0, 0.1) is 0 Å². The summed E-state index contributed by atoms with van der Waals surface area (Å²) in [5.41, 5.74) is 0. The lowest BCUT2D eigenvalue weighted by molar-refractivity contribution is 0.402. The zero-order valence-electron chi connectivity index (χ0n) is 9.32. The number of benzene rings is 1. The molecule has 0 saturated heterocycles. The van der Waals surface area contributed by atoms with E-state index in [0.717, 1.165) is 0 Å². The number of sulfonamides is 1. The second-order valence-corrected chi connectivity index (χ2v) is 5.69. The molecule has 0 unspecified atom stereocenters. The Labute approximate surface area is 101 Å². The van der Waals surface area contributed by atoms with Gasteiger partial charge in [0.05, 0.1) is 7.11 Å². The molecule has 0 atom stereocenters. The van der Waals surface area contributed by atoms with E-state index < -0.39 is 10.0 Å². The van der Waals surface area contributed by atoms with Crippen LogP contribution in [0.1, 0.15) is 13.8 Å². The Bertz CT molecular complexity index is 471. The van der Waals surface area contributed by atoms with E-state index in [1.807, 2.05) is 0 Å². The van der Waals surface area contributed by atoms with Gasteiger partial charge in [-0.25, -0.2) is 13.1 Å². The molecule has 0 bridgehead atoms. The van der Waals surface area contributed by atoms with E-state index in [2.05, 4.69) is 4.72 Å². The second-order valence-electron chi connectivity index (χ2n) is 3.57. The molecular formula is C10H14ClNO3S. The highest BCUT2D eigenvalue weighted by atomic mass is 35.5. The predicted octanol–water partition coefficient (Wildman–Crippen LogP) is 2.04. The van der Waals surface area contributed by atoms with E-state index in [4.69, 9.17) is 16.3 Å². The summed E-state index contributed by atoms with van der Waals surface area (Å²) in [6.45, 7) is 3.49. The molecule has 0 heterocycles. The molecule has 0 aliphatic rings. The Morgan fingerprint density at radius 2 is 2.00 bits per heavy atom. The fourth-order valence-electron chi connectivity index (χ4n) is 1.23. The van der Waals surface area contributed by atoms with Crippen molar-refractivity contribution in [1.29, 1.82) is 0 Å². The van der Waals surface area contributed by atoms with Gasteiger partial charge in [0.1, 0.15) is 10.6 Å².